The fourth-order valence-corrected chi connectivity index (χ4v) is 2.27. The molecule has 2 rings (SSSR count). The third kappa shape index (κ3) is 3.07. The highest BCUT2D eigenvalue weighted by Crippen LogP contribution is 2.24. The van der Waals surface area contributed by atoms with Crippen LogP contribution in [-0.4, -0.2) is 15.7 Å². The van der Waals surface area contributed by atoms with Gasteiger partial charge in [0.2, 0.25) is 5.91 Å². The molecule has 1 amide bonds. The molecule has 7 heteroatoms. The highest BCUT2D eigenvalue weighted by atomic mass is 79.9. The Morgan fingerprint density at radius 1 is 1.48 bits per heavy atom. The van der Waals surface area contributed by atoms with E-state index in [0.29, 0.717) is 5.69 Å². The van der Waals surface area contributed by atoms with Gasteiger partial charge in [0.1, 0.15) is 11.9 Å². The SMILES string of the molecule is Cc1nn(C(C)C(=O)Nc2cc(N)ccc2F)c(C)c1Br. The standard InChI is InChI=1S/C14H16BrFN4O/c1-7-13(15)8(2)20(19-7)9(3)14(21)18-12-6-10(17)4-5-11(12)16/h4-6,9H,17H2,1-3H3,(H,18,21). The van der Waals surface area contributed by atoms with Crippen LogP contribution in [0.4, 0.5) is 15.8 Å². The van der Waals surface area contributed by atoms with Crippen molar-refractivity contribution < 1.29 is 9.18 Å². The Labute approximate surface area is 130 Å². The maximum Gasteiger partial charge on any atom is 0.249 e. The number of benzene rings is 1. The summed E-state index contributed by atoms with van der Waals surface area (Å²) in [5.74, 6) is -0.892. The van der Waals surface area contributed by atoms with E-state index in [4.69, 9.17) is 5.73 Å². The first-order valence-electron chi connectivity index (χ1n) is 6.38. The second-order valence-electron chi connectivity index (χ2n) is 4.83. The first-order chi connectivity index (χ1) is 9.81. The van der Waals surface area contributed by atoms with Gasteiger partial charge in [0.25, 0.3) is 0 Å². The summed E-state index contributed by atoms with van der Waals surface area (Å²) >= 11 is 3.41. The molecule has 0 fully saturated rings. The van der Waals surface area contributed by atoms with Crippen molar-refractivity contribution in [3.8, 4) is 0 Å². The first kappa shape index (κ1) is 15.5. The molecule has 21 heavy (non-hydrogen) atoms. The second kappa shape index (κ2) is 5.85. The Morgan fingerprint density at radius 2 is 2.14 bits per heavy atom. The number of aryl methyl sites for hydroxylation is 1. The van der Waals surface area contributed by atoms with Crippen molar-refractivity contribution in [1.29, 1.82) is 0 Å². The topological polar surface area (TPSA) is 72.9 Å². The summed E-state index contributed by atoms with van der Waals surface area (Å²) in [7, 11) is 0. The molecule has 1 atom stereocenters. The van der Waals surface area contributed by atoms with Crippen LogP contribution in [0.2, 0.25) is 0 Å². The summed E-state index contributed by atoms with van der Waals surface area (Å²) in [5, 5.41) is 6.84. The molecule has 0 aliphatic heterocycles. The van der Waals surface area contributed by atoms with Crippen LogP contribution in [0.15, 0.2) is 22.7 Å². The average molecular weight is 355 g/mol. The lowest BCUT2D eigenvalue weighted by Gasteiger charge is -2.15. The highest BCUT2D eigenvalue weighted by Gasteiger charge is 2.21. The van der Waals surface area contributed by atoms with E-state index in [1.54, 1.807) is 11.6 Å². The van der Waals surface area contributed by atoms with Gasteiger partial charge in [-0.2, -0.15) is 5.10 Å². The predicted octanol–water partition coefficient (Wildman–Crippen LogP) is 3.18. The molecule has 2 aromatic rings. The molecule has 5 nitrogen and oxygen atoms in total. The molecule has 0 bridgehead atoms. The van der Waals surface area contributed by atoms with Crippen molar-refractivity contribution in [2.24, 2.45) is 0 Å². The molecule has 112 valence electrons. The minimum absolute atomic E-state index is 0.0625. The van der Waals surface area contributed by atoms with Crippen LogP contribution in [0, 0.1) is 19.7 Å². The number of hydrogen-bond donors (Lipinski definition) is 2. The first-order valence-corrected chi connectivity index (χ1v) is 7.17. The second-order valence-corrected chi connectivity index (χ2v) is 5.63. The molecule has 0 aliphatic carbocycles. The summed E-state index contributed by atoms with van der Waals surface area (Å²) < 4.78 is 16.1. The summed E-state index contributed by atoms with van der Waals surface area (Å²) in [5.41, 5.74) is 7.67. The number of nitrogens with one attached hydrogen (secondary N) is 1. The van der Waals surface area contributed by atoms with E-state index < -0.39 is 11.9 Å². The third-order valence-corrected chi connectivity index (χ3v) is 4.38. The molecule has 3 N–H and O–H groups in total. The highest BCUT2D eigenvalue weighted by molar-refractivity contribution is 9.10. The fraction of sp³-hybridized carbons (Fsp3) is 0.286. The zero-order valence-corrected chi connectivity index (χ0v) is 13.5. The van der Waals surface area contributed by atoms with E-state index in [9.17, 15) is 9.18 Å². The summed E-state index contributed by atoms with van der Waals surface area (Å²) in [4.78, 5) is 12.3. The number of amides is 1. The van der Waals surface area contributed by atoms with Gasteiger partial charge in [0, 0.05) is 5.69 Å². The molecule has 0 saturated carbocycles. The fourth-order valence-electron chi connectivity index (χ4n) is 2.01. The van der Waals surface area contributed by atoms with Crippen molar-refractivity contribution in [1.82, 2.24) is 9.78 Å². The number of halogens is 2. The molecule has 1 aromatic carbocycles. The number of aromatic nitrogens is 2. The Morgan fingerprint density at radius 3 is 2.71 bits per heavy atom. The number of anilines is 2. The molecule has 0 radical (unpaired) electrons. The zero-order chi connectivity index (χ0) is 15.7. The quantitative estimate of drug-likeness (QED) is 0.831. The molecular weight excluding hydrogens is 339 g/mol. The van der Waals surface area contributed by atoms with Gasteiger partial charge in [-0.1, -0.05) is 0 Å². The lowest BCUT2D eigenvalue weighted by atomic mass is 10.2. The van der Waals surface area contributed by atoms with Gasteiger partial charge >= 0.3 is 0 Å². The summed E-state index contributed by atoms with van der Waals surface area (Å²) in [6, 6.07) is 3.47. The molecule has 0 saturated heterocycles. The molecular formula is C14H16BrFN4O. The number of carbonyl (C=O) groups excluding carboxylic acids is 1. The van der Waals surface area contributed by atoms with E-state index in [1.165, 1.54) is 18.2 Å². The van der Waals surface area contributed by atoms with Crippen LogP contribution in [0.25, 0.3) is 0 Å². The minimum Gasteiger partial charge on any atom is -0.399 e. The molecule has 1 aromatic heterocycles. The number of nitrogens with zero attached hydrogens (tertiary/aromatic N) is 2. The van der Waals surface area contributed by atoms with Gasteiger partial charge in [-0.25, -0.2) is 4.39 Å². The number of carbonyl (C=O) groups is 1. The van der Waals surface area contributed by atoms with Crippen LogP contribution >= 0.6 is 15.9 Å². The Bertz CT molecular complexity index is 699. The van der Waals surface area contributed by atoms with Crippen LogP contribution in [-0.2, 0) is 4.79 Å². The average Bonchev–Trinajstić information content (AvgIpc) is 2.69. The third-order valence-electron chi connectivity index (χ3n) is 3.23. The smallest absolute Gasteiger partial charge is 0.249 e. The van der Waals surface area contributed by atoms with E-state index >= 15 is 0 Å². The van der Waals surface area contributed by atoms with Gasteiger partial charge < -0.3 is 11.1 Å². The monoisotopic (exact) mass is 354 g/mol. The van der Waals surface area contributed by atoms with Gasteiger partial charge in [-0.3, -0.25) is 9.48 Å². The van der Waals surface area contributed by atoms with Crippen molar-refractivity contribution in [3.05, 3.63) is 39.9 Å². The number of rotatable bonds is 3. The number of hydrogen-bond acceptors (Lipinski definition) is 3. The Balaban J connectivity index is 2.23. The van der Waals surface area contributed by atoms with Crippen LogP contribution < -0.4 is 11.1 Å². The lowest BCUT2D eigenvalue weighted by molar-refractivity contribution is -0.119. The van der Waals surface area contributed by atoms with Gasteiger partial charge in [0.15, 0.2) is 0 Å². The van der Waals surface area contributed by atoms with E-state index in [0.717, 1.165) is 15.9 Å². The Kier molecular flexibility index (Phi) is 4.32. The largest absolute Gasteiger partial charge is 0.399 e. The maximum atomic E-state index is 13.6. The summed E-state index contributed by atoms with van der Waals surface area (Å²) in [6.07, 6.45) is 0. The molecule has 0 spiro atoms. The van der Waals surface area contributed by atoms with Crippen molar-refractivity contribution >= 4 is 33.2 Å². The van der Waals surface area contributed by atoms with E-state index in [2.05, 4.69) is 26.3 Å². The lowest BCUT2D eigenvalue weighted by Crippen LogP contribution is -2.25. The molecule has 1 unspecified atom stereocenters. The zero-order valence-electron chi connectivity index (χ0n) is 11.9. The maximum absolute atomic E-state index is 13.6. The van der Waals surface area contributed by atoms with Crippen molar-refractivity contribution in [2.45, 2.75) is 26.8 Å². The van der Waals surface area contributed by atoms with Gasteiger partial charge in [-0.15, -0.1) is 0 Å². The van der Waals surface area contributed by atoms with E-state index in [1.807, 2.05) is 13.8 Å². The Hall–Kier alpha value is -1.89. The predicted molar refractivity (Wildman–Crippen MR) is 83.6 cm³/mol. The van der Waals surface area contributed by atoms with Crippen molar-refractivity contribution in [2.75, 3.05) is 11.1 Å². The molecule has 1 heterocycles. The minimum atomic E-state index is -0.573. The normalized spacial score (nSPS) is 12.2. The molecule has 0 aliphatic rings. The van der Waals surface area contributed by atoms with Crippen LogP contribution in [0.1, 0.15) is 24.4 Å². The number of nitrogen functional groups attached to an aromatic ring is 1. The van der Waals surface area contributed by atoms with Gasteiger partial charge in [0.05, 0.1) is 21.5 Å². The van der Waals surface area contributed by atoms with Crippen LogP contribution in [0.3, 0.4) is 0 Å². The van der Waals surface area contributed by atoms with E-state index in [-0.39, 0.29) is 11.6 Å². The van der Waals surface area contributed by atoms with Crippen molar-refractivity contribution in [3.63, 3.8) is 0 Å². The summed E-state index contributed by atoms with van der Waals surface area (Å²) in [6.45, 7) is 5.40. The van der Waals surface area contributed by atoms with Gasteiger partial charge in [-0.05, 0) is 54.9 Å². The number of nitrogens with two attached hydrogens (primary N) is 1. The van der Waals surface area contributed by atoms with Crippen LogP contribution in [0.5, 0.6) is 0 Å².